The lowest BCUT2D eigenvalue weighted by atomic mass is 10.1. The summed E-state index contributed by atoms with van der Waals surface area (Å²) in [6.45, 7) is 1.42. The number of ether oxygens (including phenoxy) is 1. The van der Waals surface area contributed by atoms with E-state index in [1.54, 1.807) is 23.6 Å². The number of Topliss-reactive ketones (excluding diaryl/α,β-unsaturated/α-hetero) is 1. The number of hydrogen-bond acceptors (Lipinski definition) is 6. The molecule has 0 unspecified atom stereocenters. The summed E-state index contributed by atoms with van der Waals surface area (Å²) < 4.78 is 5.12. The molecule has 0 radical (unpaired) electrons. The van der Waals surface area contributed by atoms with Crippen molar-refractivity contribution in [2.45, 2.75) is 6.92 Å². The van der Waals surface area contributed by atoms with E-state index < -0.39 is 0 Å². The van der Waals surface area contributed by atoms with Crippen molar-refractivity contribution in [2.75, 3.05) is 18.2 Å². The third kappa shape index (κ3) is 2.94. The predicted octanol–water partition coefficient (Wildman–Crippen LogP) is 2.19. The number of nitrogen functional groups attached to an aromatic ring is 1. The van der Waals surface area contributed by atoms with Gasteiger partial charge >= 0.3 is 0 Å². The second-order valence-electron chi connectivity index (χ2n) is 4.01. The first-order valence-corrected chi connectivity index (χ1v) is 6.60. The van der Waals surface area contributed by atoms with Gasteiger partial charge in [0.15, 0.2) is 10.9 Å². The first kappa shape index (κ1) is 14.0. The minimum Gasteiger partial charge on any atom is -0.496 e. The number of carbonyl (C=O) groups excluding carboxylic acids is 2. The summed E-state index contributed by atoms with van der Waals surface area (Å²) >= 11 is 1.19. The average molecular weight is 291 g/mol. The third-order valence-corrected chi connectivity index (χ3v) is 3.31. The van der Waals surface area contributed by atoms with E-state index in [0.29, 0.717) is 27.8 Å². The van der Waals surface area contributed by atoms with E-state index in [-0.39, 0.29) is 11.7 Å². The summed E-state index contributed by atoms with van der Waals surface area (Å²) in [5.74, 6) is -0.135. The second-order valence-corrected chi connectivity index (χ2v) is 4.87. The van der Waals surface area contributed by atoms with Crippen LogP contribution in [0.3, 0.4) is 0 Å². The molecular weight excluding hydrogens is 278 g/mol. The Morgan fingerprint density at radius 1 is 1.40 bits per heavy atom. The summed E-state index contributed by atoms with van der Waals surface area (Å²) in [4.78, 5) is 27.3. The van der Waals surface area contributed by atoms with Gasteiger partial charge in [0, 0.05) is 24.1 Å². The van der Waals surface area contributed by atoms with E-state index in [9.17, 15) is 9.59 Å². The smallest absolute Gasteiger partial charge is 0.261 e. The van der Waals surface area contributed by atoms with Crippen molar-refractivity contribution in [3.8, 4) is 5.75 Å². The molecule has 0 spiro atoms. The highest BCUT2D eigenvalue weighted by molar-refractivity contribution is 7.14. The van der Waals surface area contributed by atoms with E-state index >= 15 is 0 Å². The maximum Gasteiger partial charge on any atom is 0.261 e. The van der Waals surface area contributed by atoms with Crippen molar-refractivity contribution < 1.29 is 14.3 Å². The molecule has 0 aliphatic carbocycles. The van der Waals surface area contributed by atoms with Gasteiger partial charge in [-0.3, -0.25) is 14.9 Å². The van der Waals surface area contributed by atoms with Gasteiger partial charge in [-0.2, -0.15) is 0 Å². The maximum absolute atomic E-state index is 12.1. The van der Waals surface area contributed by atoms with Crippen LogP contribution in [0.5, 0.6) is 5.75 Å². The Balaban J connectivity index is 2.21. The van der Waals surface area contributed by atoms with Crippen molar-refractivity contribution in [3.05, 3.63) is 34.8 Å². The fourth-order valence-electron chi connectivity index (χ4n) is 1.55. The van der Waals surface area contributed by atoms with Crippen LogP contribution in [0.2, 0.25) is 0 Å². The number of hydrogen-bond donors (Lipinski definition) is 2. The lowest BCUT2D eigenvalue weighted by Crippen LogP contribution is -2.13. The Morgan fingerprint density at radius 3 is 2.75 bits per heavy atom. The zero-order valence-corrected chi connectivity index (χ0v) is 11.8. The Morgan fingerprint density at radius 2 is 2.15 bits per heavy atom. The molecule has 2 rings (SSSR count). The lowest BCUT2D eigenvalue weighted by molar-refractivity contribution is 0.100. The molecule has 6 nitrogen and oxygen atoms in total. The number of rotatable bonds is 4. The fraction of sp³-hybridized carbons (Fsp3) is 0.154. The number of anilines is 2. The third-order valence-electron chi connectivity index (χ3n) is 2.56. The lowest BCUT2D eigenvalue weighted by Gasteiger charge is -2.08. The molecule has 2 aromatic rings. The van der Waals surface area contributed by atoms with Crippen molar-refractivity contribution in [3.63, 3.8) is 0 Å². The highest BCUT2D eigenvalue weighted by Gasteiger charge is 2.15. The van der Waals surface area contributed by atoms with Gasteiger partial charge in [-0.05, 0) is 12.1 Å². The van der Waals surface area contributed by atoms with E-state index in [2.05, 4.69) is 10.3 Å². The predicted molar refractivity (Wildman–Crippen MR) is 77.5 cm³/mol. The minimum absolute atomic E-state index is 0.146. The van der Waals surface area contributed by atoms with Crippen LogP contribution in [0, 0.1) is 0 Å². The number of amides is 1. The molecule has 0 saturated carbocycles. The van der Waals surface area contributed by atoms with Gasteiger partial charge in [0.2, 0.25) is 0 Å². The Labute approximate surface area is 119 Å². The van der Waals surface area contributed by atoms with Gasteiger partial charge < -0.3 is 10.5 Å². The van der Waals surface area contributed by atoms with Crippen LogP contribution >= 0.6 is 11.3 Å². The number of ketones is 1. The van der Waals surface area contributed by atoms with Crippen LogP contribution in [0.1, 0.15) is 27.8 Å². The first-order chi connectivity index (χ1) is 9.51. The molecule has 0 aliphatic rings. The van der Waals surface area contributed by atoms with Crippen LogP contribution in [-0.2, 0) is 0 Å². The van der Waals surface area contributed by atoms with Crippen molar-refractivity contribution in [1.82, 2.24) is 4.98 Å². The van der Waals surface area contributed by atoms with E-state index in [4.69, 9.17) is 10.5 Å². The maximum atomic E-state index is 12.1. The van der Waals surface area contributed by atoms with E-state index in [1.807, 2.05) is 0 Å². The van der Waals surface area contributed by atoms with Crippen LogP contribution in [-0.4, -0.2) is 23.8 Å². The van der Waals surface area contributed by atoms with E-state index in [0.717, 1.165) is 0 Å². The van der Waals surface area contributed by atoms with Gasteiger partial charge in [-0.1, -0.05) is 0 Å². The quantitative estimate of drug-likeness (QED) is 0.665. The summed E-state index contributed by atoms with van der Waals surface area (Å²) in [5, 5.41) is 4.58. The van der Waals surface area contributed by atoms with Crippen LogP contribution in [0.4, 0.5) is 10.8 Å². The zero-order chi connectivity index (χ0) is 14.7. The Bertz CT molecular complexity index is 667. The molecule has 0 saturated heterocycles. The van der Waals surface area contributed by atoms with Crippen LogP contribution < -0.4 is 15.8 Å². The molecule has 104 valence electrons. The standard InChI is InChI=1S/C13H13N3O3S/c1-7(17)10-6-20-13(15-10)16-12(18)9-4-3-8(14)5-11(9)19-2/h3-6H,14H2,1-2H3,(H,15,16,18). The normalized spacial score (nSPS) is 10.1. The largest absolute Gasteiger partial charge is 0.496 e. The van der Waals surface area contributed by atoms with Gasteiger partial charge in [-0.15, -0.1) is 11.3 Å². The number of methoxy groups -OCH3 is 1. The number of carbonyl (C=O) groups is 2. The average Bonchev–Trinajstić information content (AvgIpc) is 2.87. The SMILES string of the molecule is COc1cc(N)ccc1C(=O)Nc1nc(C(C)=O)cs1. The van der Waals surface area contributed by atoms with Crippen LogP contribution in [0.15, 0.2) is 23.6 Å². The number of nitrogens with zero attached hydrogens (tertiary/aromatic N) is 1. The summed E-state index contributed by atoms with van der Waals surface area (Å²) in [6.07, 6.45) is 0. The molecule has 3 N–H and O–H groups in total. The van der Waals surface area contributed by atoms with Crippen molar-refractivity contribution in [2.24, 2.45) is 0 Å². The highest BCUT2D eigenvalue weighted by atomic mass is 32.1. The second kappa shape index (κ2) is 5.70. The van der Waals surface area contributed by atoms with Crippen molar-refractivity contribution >= 4 is 33.8 Å². The molecule has 0 fully saturated rings. The molecule has 0 bridgehead atoms. The molecule has 0 aliphatic heterocycles. The van der Waals surface area contributed by atoms with Crippen molar-refractivity contribution in [1.29, 1.82) is 0 Å². The minimum atomic E-state index is -0.369. The molecule has 1 aromatic carbocycles. The molecule has 1 aromatic heterocycles. The number of nitrogens with one attached hydrogen (secondary N) is 1. The monoisotopic (exact) mass is 291 g/mol. The van der Waals surface area contributed by atoms with Gasteiger partial charge in [0.1, 0.15) is 11.4 Å². The van der Waals surface area contributed by atoms with E-state index in [1.165, 1.54) is 25.4 Å². The number of thiazole rings is 1. The first-order valence-electron chi connectivity index (χ1n) is 5.72. The van der Waals surface area contributed by atoms with Gasteiger partial charge in [0.05, 0.1) is 12.7 Å². The van der Waals surface area contributed by atoms with Gasteiger partial charge in [0.25, 0.3) is 5.91 Å². The number of nitrogens with two attached hydrogens (primary N) is 1. The highest BCUT2D eigenvalue weighted by Crippen LogP contribution is 2.23. The number of benzene rings is 1. The molecule has 0 atom stereocenters. The summed E-state index contributed by atoms with van der Waals surface area (Å²) in [6, 6.07) is 4.75. The molecule has 1 amide bonds. The summed E-state index contributed by atoms with van der Waals surface area (Å²) in [7, 11) is 1.46. The summed E-state index contributed by atoms with van der Waals surface area (Å²) in [5.41, 5.74) is 6.82. The Hall–Kier alpha value is -2.41. The molecule has 1 heterocycles. The zero-order valence-electron chi connectivity index (χ0n) is 11.0. The van der Waals surface area contributed by atoms with Crippen LogP contribution in [0.25, 0.3) is 0 Å². The molecule has 7 heteroatoms. The van der Waals surface area contributed by atoms with Gasteiger partial charge in [-0.25, -0.2) is 4.98 Å². The fourth-order valence-corrected chi connectivity index (χ4v) is 2.30. The number of aromatic nitrogens is 1. The Kier molecular flexibility index (Phi) is 3.99. The molecule has 20 heavy (non-hydrogen) atoms. The topological polar surface area (TPSA) is 94.3 Å². The molecular formula is C13H13N3O3S.